The van der Waals surface area contributed by atoms with Gasteiger partial charge in [-0.3, -0.25) is 4.79 Å². The fourth-order valence-corrected chi connectivity index (χ4v) is 1.82. The lowest BCUT2D eigenvalue weighted by Crippen LogP contribution is -2.15. The van der Waals surface area contributed by atoms with Gasteiger partial charge in [-0.05, 0) is 31.0 Å². The summed E-state index contributed by atoms with van der Waals surface area (Å²) in [6, 6.07) is 2.10. The topological polar surface area (TPSA) is 44.9 Å². The summed E-state index contributed by atoms with van der Waals surface area (Å²) < 4.78 is 0. The van der Waals surface area contributed by atoms with E-state index in [9.17, 15) is 4.79 Å². The van der Waals surface area contributed by atoms with Crippen molar-refractivity contribution in [2.45, 2.75) is 18.9 Å². The van der Waals surface area contributed by atoms with Crippen LogP contribution in [0.5, 0.6) is 0 Å². The summed E-state index contributed by atoms with van der Waals surface area (Å²) in [5.74, 6) is 0. The lowest BCUT2D eigenvalue weighted by molar-refractivity contribution is 0.644. The molecule has 1 aliphatic heterocycles. The molecule has 13 heavy (non-hydrogen) atoms. The Bertz CT molecular complexity index is 355. The molecular formula is C9H11ClN2O. The number of hydrogen-bond acceptors (Lipinski definition) is 2. The number of halogens is 1. The van der Waals surface area contributed by atoms with Crippen molar-refractivity contribution in [3.63, 3.8) is 0 Å². The third-order valence-electron chi connectivity index (χ3n) is 2.34. The molecule has 1 saturated heterocycles. The highest BCUT2D eigenvalue weighted by Crippen LogP contribution is 2.22. The van der Waals surface area contributed by atoms with Crippen molar-refractivity contribution in [1.29, 1.82) is 0 Å². The van der Waals surface area contributed by atoms with E-state index in [4.69, 9.17) is 11.6 Å². The van der Waals surface area contributed by atoms with Gasteiger partial charge in [0.05, 0.1) is 0 Å². The monoisotopic (exact) mass is 198 g/mol. The molecule has 2 N–H and O–H groups in total. The van der Waals surface area contributed by atoms with Crippen molar-refractivity contribution in [3.8, 4) is 0 Å². The number of rotatable bonds is 1. The van der Waals surface area contributed by atoms with Gasteiger partial charge in [-0.1, -0.05) is 11.6 Å². The van der Waals surface area contributed by atoms with Crippen LogP contribution < -0.4 is 10.9 Å². The van der Waals surface area contributed by atoms with Crippen molar-refractivity contribution in [2.75, 3.05) is 6.54 Å². The standard InChI is InChI=1S/C9H11ClN2O/c10-7-4-6(5-12-9(7)13)8-2-1-3-11-8/h4-5,8,11H,1-3H2,(H,12,13)/t8-/m0/s1. The van der Waals surface area contributed by atoms with Gasteiger partial charge >= 0.3 is 0 Å². The summed E-state index contributed by atoms with van der Waals surface area (Å²) in [6.07, 6.45) is 4.03. The van der Waals surface area contributed by atoms with Gasteiger partial charge in [0.15, 0.2) is 0 Å². The molecule has 4 heteroatoms. The number of aromatic nitrogens is 1. The first-order chi connectivity index (χ1) is 6.27. The van der Waals surface area contributed by atoms with E-state index in [0.29, 0.717) is 6.04 Å². The van der Waals surface area contributed by atoms with E-state index in [1.807, 2.05) is 0 Å². The predicted octanol–water partition coefficient (Wildman–Crippen LogP) is 1.45. The fraction of sp³-hybridized carbons (Fsp3) is 0.444. The van der Waals surface area contributed by atoms with Gasteiger partial charge in [0, 0.05) is 12.2 Å². The molecule has 70 valence electrons. The Kier molecular flexibility index (Phi) is 2.38. The lowest BCUT2D eigenvalue weighted by Gasteiger charge is -2.09. The molecule has 1 aromatic heterocycles. The number of aromatic amines is 1. The van der Waals surface area contributed by atoms with Gasteiger partial charge in [0.2, 0.25) is 0 Å². The molecule has 0 aliphatic carbocycles. The molecule has 0 amide bonds. The minimum absolute atomic E-state index is 0.219. The normalized spacial score (nSPS) is 22.1. The second kappa shape index (κ2) is 3.52. The Morgan fingerprint density at radius 2 is 2.38 bits per heavy atom. The highest BCUT2D eigenvalue weighted by atomic mass is 35.5. The Balaban J connectivity index is 2.30. The quantitative estimate of drug-likeness (QED) is 0.718. The van der Waals surface area contributed by atoms with Gasteiger partial charge in [-0.15, -0.1) is 0 Å². The van der Waals surface area contributed by atoms with Crippen molar-refractivity contribution < 1.29 is 0 Å². The van der Waals surface area contributed by atoms with Crippen LogP contribution in [0.4, 0.5) is 0 Å². The maximum atomic E-state index is 11.0. The first-order valence-corrected chi connectivity index (χ1v) is 4.76. The summed E-state index contributed by atoms with van der Waals surface area (Å²) in [7, 11) is 0. The van der Waals surface area contributed by atoms with E-state index in [2.05, 4.69) is 10.3 Å². The van der Waals surface area contributed by atoms with E-state index < -0.39 is 0 Å². The van der Waals surface area contributed by atoms with Crippen LogP contribution in [0, 0.1) is 0 Å². The van der Waals surface area contributed by atoms with E-state index in [-0.39, 0.29) is 10.6 Å². The maximum Gasteiger partial charge on any atom is 0.266 e. The van der Waals surface area contributed by atoms with Crippen LogP contribution in [0.25, 0.3) is 0 Å². The van der Waals surface area contributed by atoms with Crippen molar-refractivity contribution in [1.82, 2.24) is 10.3 Å². The van der Waals surface area contributed by atoms with E-state index in [1.165, 1.54) is 6.42 Å². The van der Waals surface area contributed by atoms with Crippen LogP contribution in [-0.2, 0) is 0 Å². The van der Waals surface area contributed by atoms with Gasteiger partial charge in [0.1, 0.15) is 5.02 Å². The Morgan fingerprint density at radius 3 is 3.00 bits per heavy atom. The highest BCUT2D eigenvalue weighted by Gasteiger charge is 2.16. The van der Waals surface area contributed by atoms with Crippen molar-refractivity contribution >= 4 is 11.6 Å². The summed E-state index contributed by atoms with van der Waals surface area (Å²) in [6.45, 7) is 1.04. The van der Waals surface area contributed by atoms with Crippen LogP contribution in [0.2, 0.25) is 5.02 Å². The Hall–Kier alpha value is -0.800. The minimum atomic E-state index is -0.219. The van der Waals surface area contributed by atoms with Gasteiger partial charge < -0.3 is 10.3 Å². The molecule has 3 nitrogen and oxygen atoms in total. The van der Waals surface area contributed by atoms with Crippen molar-refractivity contribution in [3.05, 3.63) is 33.2 Å². The highest BCUT2D eigenvalue weighted by molar-refractivity contribution is 6.30. The van der Waals surface area contributed by atoms with Crippen LogP contribution in [0.3, 0.4) is 0 Å². The summed E-state index contributed by atoms with van der Waals surface area (Å²) in [5.41, 5.74) is 0.852. The maximum absolute atomic E-state index is 11.0. The zero-order valence-corrected chi connectivity index (χ0v) is 7.90. The molecule has 1 fully saturated rings. The van der Waals surface area contributed by atoms with Crippen LogP contribution in [0.1, 0.15) is 24.4 Å². The average molecular weight is 199 g/mol. The van der Waals surface area contributed by atoms with Crippen LogP contribution in [0.15, 0.2) is 17.1 Å². The fourth-order valence-electron chi connectivity index (χ4n) is 1.64. The first-order valence-electron chi connectivity index (χ1n) is 4.39. The molecule has 0 aromatic carbocycles. The molecule has 0 spiro atoms. The molecular weight excluding hydrogens is 188 g/mol. The van der Waals surface area contributed by atoms with E-state index >= 15 is 0 Å². The second-order valence-corrected chi connectivity index (χ2v) is 3.67. The lowest BCUT2D eigenvalue weighted by atomic mass is 10.1. The zero-order chi connectivity index (χ0) is 9.26. The third-order valence-corrected chi connectivity index (χ3v) is 2.62. The van der Waals surface area contributed by atoms with E-state index in [0.717, 1.165) is 18.5 Å². The second-order valence-electron chi connectivity index (χ2n) is 3.26. The number of nitrogens with one attached hydrogen (secondary N) is 2. The summed E-state index contributed by atoms with van der Waals surface area (Å²) in [5, 5.41) is 3.61. The SMILES string of the molecule is O=c1[nH]cc([C@@H]2CCCN2)cc1Cl. The molecule has 2 rings (SSSR count). The van der Waals surface area contributed by atoms with Crippen molar-refractivity contribution in [2.24, 2.45) is 0 Å². The smallest absolute Gasteiger partial charge is 0.266 e. The molecule has 1 aliphatic rings. The third kappa shape index (κ3) is 1.76. The average Bonchev–Trinajstić information content (AvgIpc) is 2.62. The summed E-state index contributed by atoms with van der Waals surface area (Å²) in [4.78, 5) is 13.6. The predicted molar refractivity (Wildman–Crippen MR) is 52.1 cm³/mol. The largest absolute Gasteiger partial charge is 0.327 e. The Morgan fingerprint density at radius 1 is 1.54 bits per heavy atom. The first kappa shape index (κ1) is 8.78. The van der Waals surface area contributed by atoms with Gasteiger partial charge in [0.25, 0.3) is 5.56 Å². The number of hydrogen-bond donors (Lipinski definition) is 2. The van der Waals surface area contributed by atoms with Gasteiger partial charge in [-0.2, -0.15) is 0 Å². The minimum Gasteiger partial charge on any atom is -0.327 e. The molecule has 0 bridgehead atoms. The number of H-pyrrole nitrogens is 1. The molecule has 2 heterocycles. The van der Waals surface area contributed by atoms with Crippen LogP contribution >= 0.6 is 11.6 Å². The van der Waals surface area contributed by atoms with E-state index in [1.54, 1.807) is 12.3 Å². The molecule has 0 saturated carbocycles. The molecule has 1 atom stereocenters. The van der Waals surface area contributed by atoms with Gasteiger partial charge in [-0.25, -0.2) is 0 Å². The zero-order valence-electron chi connectivity index (χ0n) is 7.14. The molecule has 0 radical (unpaired) electrons. The molecule has 1 aromatic rings. The van der Waals surface area contributed by atoms with Crippen LogP contribution in [-0.4, -0.2) is 11.5 Å². The molecule has 0 unspecified atom stereocenters. The Labute approximate surface area is 81.1 Å². The summed E-state index contributed by atoms with van der Waals surface area (Å²) >= 11 is 5.72. The number of pyridine rings is 1.